The predicted molar refractivity (Wildman–Crippen MR) is 114 cm³/mol. The number of hydrogen-bond acceptors (Lipinski definition) is 5. The van der Waals surface area contributed by atoms with E-state index in [2.05, 4.69) is 18.8 Å². The van der Waals surface area contributed by atoms with E-state index in [9.17, 15) is 14.4 Å². The second-order valence-electron chi connectivity index (χ2n) is 7.72. The first-order valence-corrected chi connectivity index (χ1v) is 10.4. The van der Waals surface area contributed by atoms with E-state index in [1.165, 1.54) is 4.90 Å². The van der Waals surface area contributed by atoms with Crippen LogP contribution in [-0.2, 0) is 0 Å². The minimum atomic E-state index is -0.391. The van der Waals surface area contributed by atoms with E-state index in [0.717, 1.165) is 25.7 Å². The molecule has 0 saturated carbocycles. The minimum Gasteiger partial charge on any atom is -0.437 e. The molecule has 0 radical (unpaired) electrons. The summed E-state index contributed by atoms with van der Waals surface area (Å²) in [5.41, 5.74) is 1.26. The number of fused-ring (bicyclic) bond motifs is 2. The molecule has 2 amide bonds. The Morgan fingerprint density at radius 1 is 1.00 bits per heavy atom. The van der Waals surface area contributed by atoms with Crippen LogP contribution in [0.5, 0.6) is 0 Å². The van der Waals surface area contributed by atoms with Crippen LogP contribution in [0.1, 0.15) is 60.2 Å². The molecule has 2 heterocycles. The summed E-state index contributed by atoms with van der Waals surface area (Å²) in [6.45, 7) is 4.65. The highest BCUT2D eigenvalue weighted by molar-refractivity contribution is 6.21. The van der Waals surface area contributed by atoms with Gasteiger partial charge in [0.15, 0.2) is 0 Å². The zero-order valence-corrected chi connectivity index (χ0v) is 17.2. The van der Waals surface area contributed by atoms with Crippen LogP contribution in [0.15, 0.2) is 51.7 Å². The Bertz CT molecular complexity index is 1180. The van der Waals surface area contributed by atoms with Crippen LogP contribution in [-0.4, -0.2) is 28.2 Å². The molecule has 0 spiro atoms. The number of para-hydroxylation sites is 1. The number of benzene rings is 2. The molecule has 1 aliphatic rings. The van der Waals surface area contributed by atoms with Crippen LogP contribution in [0.4, 0.5) is 0 Å². The third-order valence-electron chi connectivity index (χ3n) is 5.73. The number of hydrogen-bond donors (Lipinski definition) is 0. The van der Waals surface area contributed by atoms with Crippen molar-refractivity contribution in [1.82, 2.24) is 9.88 Å². The van der Waals surface area contributed by atoms with Gasteiger partial charge in [-0.1, -0.05) is 45.2 Å². The van der Waals surface area contributed by atoms with Crippen molar-refractivity contribution in [3.63, 3.8) is 0 Å². The molecule has 6 heteroatoms. The van der Waals surface area contributed by atoms with Gasteiger partial charge in [-0.05, 0) is 42.7 Å². The molecular weight excluding hydrogens is 380 g/mol. The Hall–Kier alpha value is -3.28. The maximum Gasteiger partial charge on any atom is 0.284 e. The summed E-state index contributed by atoms with van der Waals surface area (Å²) in [6.07, 6.45) is 4.09. The maximum absolute atomic E-state index is 13.0. The number of carbonyl (C=O) groups is 2. The van der Waals surface area contributed by atoms with Gasteiger partial charge in [0.2, 0.25) is 5.89 Å². The third-order valence-corrected chi connectivity index (χ3v) is 5.73. The molecule has 2 aromatic carbocycles. The number of carbonyl (C=O) groups excluding carboxylic acids is 2. The van der Waals surface area contributed by atoms with Gasteiger partial charge in [-0.2, -0.15) is 4.98 Å². The highest BCUT2D eigenvalue weighted by atomic mass is 16.3. The van der Waals surface area contributed by atoms with Gasteiger partial charge in [-0.25, -0.2) is 0 Å². The van der Waals surface area contributed by atoms with Crippen LogP contribution in [0, 0.1) is 5.92 Å². The van der Waals surface area contributed by atoms with Crippen LogP contribution >= 0.6 is 0 Å². The van der Waals surface area contributed by atoms with Gasteiger partial charge in [0.05, 0.1) is 16.5 Å². The fourth-order valence-corrected chi connectivity index (χ4v) is 3.90. The molecule has 0 N–H and O–H groups in total. The van der Waals surface area contributed by atoms with Crippen molar-refractivity contribution in [3.05, 3.63) is 63.9 Å². The molecule has 1 aliphatic heterocycles. The first-order valence-electron chi connectivity index (χ1n) is 10.4. The van der Waals surface area contributed by atoms with Crippen molar-refractivity contribution in [2.45, 2.75) is 39.5 Å². The van der Waals surface area contributed by atoms with Crippen LogP contribution in [0.2, 0.25) is 0 Å². The molecule has 3 aromatic rings. The molecule has 6 nitrogen and oxygen atoms in total. The largest absolute Gasteiger partial charge is 0.437 e. The lowest BCUT2D eigenvalue weighted by atomic mass is 9.99. The number of imide groups is 1. The fourth-order valence-electron chi connectivity index (χ4n) is 3.90. The zero-order chi connectivity index (χ0) is 21.3. The molecule has 1 unspecified atom stereocenters. The first kappa shape index (κ1) is 20.0. The SMILES string of the molecule is CCCCC(CC)CN1C(=O)c2ccc(-c3nc(=O)c4ccccc4o3)cc2C1=O. The Morgan fingerprint density at radius 2 is 1.77 bits per heavy atom. The molecule has 1 aromatic heterocycles. The molecule has 0 saturated heterocycles. The van der Waals surface area contributed by atoms with E-state index >= 15 is 0 Å². The number of rotatable bonds is 7. The minimum absolute atomic E-state index is 0.134. The predicted octanol–water partition coefficient (Wildman–Crippen LogP) is 4.67. The standard InChI is InChI=1S/C24H24N2O4/c1-3-5-8-15(4-2)14-26-23(28)17-12-11-16(13-19(17)24(26)29)22-25-21(27)18-9-6-7-10-20(18)30-22/h6-7,9-13,15H,3-5,8,14H2,1-2H3. The summed E-state index contributed by atoms with van der Waals surface area (Å²) in [7, 11) is 0. The van der Waals surface area contributed by atoms with Crippen molar-refractivity contribution >= 4 is 22.8 Å². The summed E-state index contributed by atoms with van der Waals surface area (Å²) in [5.74, 6) is -0.124. The average molecular weight is 404 g/mol. The molecule has 4 rings (SSSR count). The van der Waals surface area contributed by atoms with Gasteiger partial charge in [0.1, 0.15) is 5.58 Å². The van der Waals surface area contributed by atoms with Crippen molar-refractivity contribution < 1.29 is 14.0 Å². The Morgan fingerprint density at radius 3 is 2.53 bits per heavy atom. The smallest absolute Gasteiger partial charge is 0.284 e. The molecule has 1 atom stereocenters. The van der Waals surface area contributed by atoms with Crippen molar-refractivity contribution in [3.8, 4) is 11.5 Å². The number of aromatic nitrogens is 1. The Kier molecular flexibility index (Phi) is 5.48. The first-order chi connectivity index (χ1) is 14.5. The molecule has 0 fully saturated rings. The van der Waals surface area contributed by atoms with E-state index < -0.39 is 5.56 Å². The summed E-state index contributed by atoms with van der Waals surface area (Å²) < 4.78 is 5.78. The fraction of sp³-hybridized carbons (Fsp3) is 0.333. The Labute approximate surface area is 174 Å². The third kappa shape index (κ3) is 3.54. The lowest BCUT2D eigenvalue weighted by Gasteiger charge is -2.21. The van der Waals surface area contributed by atoms with Crippen LogP contribution in [0.3, 0.4) is 0 Å². The normalized spacial score (nSPS) is 14.4. The summed E-state index contributed by atoms with van der Waals surface area (Å²) in [6, 6.07) is 11.8. The summed E-state index contributed by atoms with van der Waals surface area (Å²) in [5, 5.41) is 0.400. The zero-order valence-electron chi connectivity index (χ0n) is 17.2. The number of nitrogens with zero attached hydrogens (tertiary/aromatic N) is 2. The van der Waals surface area contributed by atoms with E-state index in [0.29, 0.717) is 40.1 Å². The summed E-state index contributed by atoms with van der Waals surface area (Å²) in [4.78, 5) is 43.5. The van der Waals surface area contributed by atoms with Gasteiger partial charge in [-0.15, -0.1) is 0 Å². The molecule has 0 aliphatic carbocycles. The lowest BCUT2D eigenvalue weighted by molar-refractivity contribution is 0.0624. The number of unbranched alkanes of at least 4 members (excludes halogenated alkanes) is 1. The van der Waals surface area contributed by atoms with E-state index in [-0.39, 0.29) is 17.7 Å². The van der Waals surface area contributed by atoms with Crippen LogP contribution < -0.4 is 5.56 Å². The van der Waals surface area contributed by atoms with E-state index in [4.69, 9.17) is 4.42 Å². The Balaban J connectivity index is 1.66. The topological polar surface area (TPSA) is 80.5 Å². The second-order valence-corrected chi connectivity index (χ2v) is 7.72. The monoisotopic (exact) mass is 404 g/mol. The van der Waals surface area contributed by atoms with Gasteiger partial charge in [0, 0.05) is 12.1 Å². The molecular formula is C24H24N2O4. The van der Waals surface area contributed by atoms with Crippen molar-refractivity contribution in [2.75, 3.05) is 6.54 Å². The van der Waals surface area contributed by atoms with E-state index in [1.807, 2.05) is 0 Å². The lowest BCUT2D eigenvalue weighted by Crippen LogP contribution is -2.34. The van der Waals surface area contributed by atoms with Gasteiger partial charge in [-0.3, -0.25) is 19.3 Å². The average Bonchev–Trinajstić information content (AvgIpc) is 3.00. The van der Waals surface area contributed by atoms with Gasteiger partial charge in [0.25, 0.3) is 17.4 Å². The highest BCUT2D eigenvalue weighted by Crippen LogP contribution is 2.30. The van der Waals surface area contributed by atoms with Crippen molar-refractivity contribution in [1.29, 1.82) is 0 Å². The van der Waals surface area contributed by atoms with Crippen molar-refractivity contribution in [2.24, 2.45) is 5.92 Å². The van der Waals surface area contributed by atoms with Crippen LogP contribution in [0.25, 0.3) is 22.4 Å². The van der Waals surface area contributed by atoms with Gasteiger partial charge >= 0.3 is 0 Å². The number of amides is 2. The van der Waals surface area contributed by atoms with E-state index in [1.54, 1.807) is 42.5 Å². The molecule has 0 bridgehead atoms. The summed E-state index contributed by atoms with van der Waals surface area (Å²) >= 11 is 0. The maximum atomic E-state index is 13.0. The molecule has 30 heavy (non-hydrogen) atoms. The van der Waals surface area contributed by atoms with Gasteiger partial charge < -0.3 is 4.42 Å². The second kappa shape index (κ2) is 8.22. The molecule has 154 valence electrons. The highest BCUT2D eigenvalue weighted by Gasteiger charge is 2.36. The quantitative estimate of drug-likeness (QED) is 0.535.